The minimum Gasteiger partial charge on any atom is -0.377 e. The van der Waals surface area contributed by atoms with Gasteiger partial charge in [0.05, 0.1) is 16.5 Å². The van der Waals surface area contributed by atoms with Gasteiger partial charge in [0.15, 0.2) is 0 Å². The van der Waals surface area contributed by atoms with Crippen molar-refractivity contribution in [2.45, 2.75) is 31.4 Å². The number of amides is 1. The summed E-state index contributed by atoms with van der Waals surface area (Å²) in [7, 11) is 1.74. The van der Waals surface area contributed by atoms with E-state index in [1.165, 1.54) is 6.07 Å². The molecule has 1 amide bonds. The summed E-state index contributed by atoms with van der Waals surface area (Å²) >= 11 is 1.55. The van der Waals surface area contributed by atoms with Gasteiger partial charge in [0, 0.05) is 37.3 Å². The first-order valence-corrected chi connectivity index (χ1v) is 9.77. The smallest absolute Gasteiger partial charge is 0.263 e. The number of thiophene rings is 1. The Hall–Kier alpha value is -1.92. The van der Waals surface area contributed by atoms with Crippen LogP contribution in [-0.4, -0.2) is 49.2 Å². The second kappa shape index (κ2) is 6.67. The Balaban J connectivity index is 1.51. The van der Waals surface area contributed by atoms with Gasteiger partial charge in [-0.1, -0.05) is 6.07 Å². The summed E-state index contributed by atoms with van der Waals surface area (Å²) in [5.74, 6) is -0.109. The molecule has 0 aliphatic carbocycles. The number of ether oxygens (including phenoxy) is 1. The SMILES string of the molecule is CO[C@H]1CN(c2cccc(F)c2)C12CCN(C(=O)c1ccc(C)s1)CC2. The molecule has 0 saturated carbocycles. The van der Waals surface area contributed by atoms with E-state index in [0.717, 1.165) is 34.8 Å². The fraction of sp³-hybridized carbons (Fsp3) is 0.450. The van der Waals surface area contributed by atoms with Crippen molar-refractivity contribution >= 4 is 22.9 Å². The molecule has 1 atom stereocenters. The zero-order chi connectivity index (χ0) is 18.3. The van der Waals surface area contributed by atoms with Crippen LogP contribution >= 0.6 is 11.3 Å². The Kier molecular flexibility index (Phi) is 4.49. The van der Waals surface area contributed by atoms with Gasteiger partial charge in [0.25, 0.3) is 5.91 Å². The largest absolute Gasteiger partial charge is 0.377 e. The van der Waals surface area contributed by atoms with Crippen LogP contribution in [0.3, 0.4) is 0 Å². The normalized spacial score (nSPS) is 21.7. The van der Waals surface area contributed by atoms with Crippen molar-refractivity contribution < 1.29 is 13.9 Å². The van der Waals surface area contributed by atoms with Gasteiger partial charge in [-0.05, 0) is 50.1 Å². The number of carbonyl (C=O) groups is 1. The molecule has 1 aromatic carbocycles. The first-order chi connectivity index (χ1) is 12.5. The van der Waals surface area contributed by atoms with Gasteiger partial charge < -0.3 is 14.5 Å². The van der Waals surface area contributed by atoms with Crippen LogP contribution in [0, 0.1) is 12.7 Å². The molecule has 2 saturated heterocycles. The Labute approximate surface area is 157 Å². The number of piperidine rings is 1. The Morgan fingerprint density at radius 2 is 2.04 bits per heavy atom. The maximum absolute atomic E-state index is 13.7. The lowest BCUT2D eigenvalue weighted by atomic mass is 9.73. The molecule has 0 N–H and O–H groups in total. The maximum atomic E-state index is 13.7. The third-order valence-corrected chi connectivity index (χ3v) is 6.75. The van der Waals surface area contributed by atoms with E-state index in [4.69, 9.17) is 4.74 Å². The number of methoxy groups -OCH3 is 1. The highest BCUT2D eigenvalue weighted by Gasteiger charge is 2.55. The highest BCUT2D eigenvalue weighted by Crippen LogP contribution is 2.45. The third kappa shape index (κ3) is 2.81. The Morgan fingerprint density at radius 3 is 2.65 bits per heavy atom. The third-order valence-electron chi connectivity index (χ3n) is 5.76. The predicted molar refractivity (Wildman–Crippen MR) is 101 cm³/mol. The quantitative estimate of drug-likeness (QED) is 0.821. The molecular formula is C20H23FN2O2S. The lowest BCUT2D eigenvalue weighted by Crippen LogP contribution is -2.74. The van der Waals surface area contributed by atoms with Crippen LogP contribution in [0.15, 0.2) is 36.4 Å². The van der Waals surface area contributed by atoms with Crippen LogP contribution in [0.4, 0.5) is 10.1 Å². The number of carbonyl (C=O) groups excluding carboxylic acids is 1. The van der Waals surface area contributed by atoms with Gasteiger partial charge in [-0.15, -0.1) is 11.3 Å². The van der Waals surface area contributed by atoms with E-state index in [0.29, 0.717) is 13.1 Å². The number of aryl methyl sites for hydroxylation is 1. The van der Waals surface area contributed by atoms with Crippen LogP contribution in [-0.2, 0) is 4.74 Å². The van der Waals surface area contributed by atoms with Crippen LogP contribution in [0.1, 0.15) is 27.4 Å². The number of rotatable bonds is 3. The van der Waals surface area contributed by atoms with E-state index in [9.17, 15) is 9.18 Å². The van der Waals surface area contributed by atoms with Gasteiger partial charge in [-0.2, -0.15) is 0 Å². The van der Waals surface area contributed by atoms with Crippen molar-refractivity contribution in [2.75, 3.05) is 31.6 Å². The van der Waals surface area contributed by atoms with E-state index in [1.807, 2.05) is 30.0 Å². The molecule has 2 aliphatic rings. The van der Waals surface area contributed by atoms with E-state index in [1.54, 1.807) is 30.6 Å². The van der Waals surface area contributed by atoms with Crippen LogP contribution in [0.2, 0.25) is 0 Å². The van der Waals surface area contributed by atoms with Gasteiger partial charge >= 0.3 is 0 Å². The average molecular weight is 374 g/mol. The number of likely N-dealkylation sites (tertiary alicyclic amines) is 1. The second-order valence-corrected chi connectivity index (χ2v) is 8.41. The van der Waals surface area contributed by atoms with Gasteiger partial charge in [0.2, 0.25) is 0 Å². The summed E-state index contributed by atoms with van der Waals surface area (Å²) in [6, 6.07) is 10.6. The summed E-state index contributed by atoms with van der Waals surface area (Å²) in [5, 5.41) is 0. The lowest BCUT2D eigenvalue weighted by molar-refractivity contribution is -0.0433. The molecule has 6 heteroatoms. The minimum absolute atomic E-state index is 0.114. The molecule has 2 aliphatic heterocycles. The summed E-state index contributed by atoms with van der Waals surface area (Å²) < 4.78 is 19.4. The number of benzene rings is 1. The van der Waals surface area contributed by atoms with Crippen molar-refractivity contribution in [1.29, 1.82) is 0 Å². The van der Waals surface area contributed by atoms with Crippen molar-refractivity contribution in [3.63, 3.8) is 0 Å². The topological polar surface area (TPSA) is 32.8 Å². The van der Waals surface area contributed by atoms with E-state index in [2.05, 4.69) is 4.90 Å². The molecule has 1 spiro atoms. The fourth-order valence-corrected chi connectivity index (χ4v) is 5.11. The number of nitrogens with zero attached hydrogens (tertiary/aromatic N) is 2. The molecule has 3 heterocycles. The molecule has 1 aromatic heterocycles. The Morgan fingerprint density at radius 1 is 1.27 bits per heavy atom. The summed E-state index contributed by atoms with van der Waals surface area (Å²) in [5.41, 5.74) is 0.747. The number of hydrogen-bond donors (Lipinski definition) is 0. The molecule has 0 radical (unpaired) electrons. The number of halogens is 1. The first kappa shape index (κ1) is 17.5. The van der Waals surface area contributed by atoms with E-state index in [-0.39, 0.29) is 23.4 Å². The minimum atomic E-state index is -0.223. The van der Waals surface area contributed by atoms with E-state index < -0.39 is 0 Å². The monoisotopic (exact) mass is 374 g/mol. The summed E-state index contributed by atoms with van der Waals surface area (Å²) in [4.78, 5) is 18.9. The summed E-state index contributed by atoms with van der Waals surface area (Å²) in [6.07, 6.45) is 1.78. The summed E-state index contributed by atoms with van der Waals surface area (Å²) in [6.45, 7) is 4.17. The number of hydrogen-bond acceptors (Lipinski definition) is 4. The first-order valence-electron chi connectivity index (χ1n) is 8.95. The van der Waals surface area contributed by atoms with Gasteiger partial charge in [0.1, 0.15) is 5.82 Å². The second-order valence-electron chi connectivity index (χ2n) is 7.12. The average Bonchev–Trinajstić information content (AvgIpc) is 3.07. The maximum Gasteiger partial charge on any atom is 0.263 e. The van der Waals surface area contributed by atoms with Gasteiger partial charge in [-0.25, -0.2) is 4.39 Å². The van der Waals surface area contributed by atoms with Crippen molar-refractivity contribution in [1.82, 2.24) is 4.90 Å². The van der Waals surface area contributed by atoms with Crippen LogP contribution in [0.25, 0.3) is 0 Å². The highest BCUT2D eigenvalue weighted by atomic mass is 32.1. The van der Waals surface area contributed by atoms with Crippen molar-refractivity contribution in [2.24, 2.45) is 0 Å². The molecule has 4 nitrogen and oxygen atoms in total. The zero-order valence-electron chi connectivity index (χ0n) is 15.1. The molecular weight excluding hydrogens is 351 g/mol. The predicted octanol–water partition coefficient (Wildman–Crippen LogP) is 3.71. The van der Waals surface area contributed by atoms with Crippen molar-refractivity contribution in [3.8, 4) is 0 Å². The molecule has 0 bridgehead atoms. The number of anilines is 1. The molecule has 2 fully saturated rings. The fourth-order valence-electron chi connectivity index (χ4n) is 4.27. The van der Waals surface area contributed by atoms with Crippen LogP contribution in [0.5, 0.6) is 0 Å². The molecule has 138 valence electrons. The molecule has 26 heavy (non-hydrogen) atoms. The zero-order valence-corrected chi connectivity index (χ0v) is 15.9. The van der Waals surface area contributed by atoms with Crippen LogP contribution < -0.4 is 4.90 Å². The highest BCUT2D eigenvalue weighted by molar-refractivity contribution is 7.13. The van der Waals surface area contributed by atoms with Crippen molar-refractivity contribution in [3.05, 3.63) is 52.0 Å². The molecule has 4 rings (SSSR count). The van der Waals surface area contributed by atoms with E-state index >= 15 is 0 Å². The standard InChI is InChI=1S/C20H23FN2O2S/c1-14-6-7-17(26-14)19(24)22-10-8-20(9-11-22)18(25-2)13-23(20)16-5-3-4-15(21)12-16/h3-7,12,18H,8-11,13H2,1-2H3/t18-/m0/s1. The molecule has 0 unspecified atom stereocenters. The Bertz CT molecular complexity index is 814. The molecule has 2 aromatic rings. The lowest BCUT2D eigenvalue weighted by Gasteiger charge is -2.61. The van der Waals surface area contributed by atoms with Gasteiger partial charge in [-0.3, -0.25) is 4.79 Å².